The largest absolute Gasteiger partial charge is 0.480 e. The first-order chi connectivity index (χ1) is 12.8. The SMILES string of the molecule is Cc1ccn2c(C(=O)N3CCC4(CC3)CC(C(=O)O)N(C)C4)c(C)nc2c1. The number of hydrogen-bond donors (Lipinski definition) is 1. The third-order valence-electron chi connectivity index (χ3n) is 6.30. The van der Waals surface area contributed by atoms with Gasteiger partial charge in [-0.25, -0.2) is 4.98 Å². The van der Waals surface area contributed by atoms with Gasteiger partial charge < -0.3 is 10.0 Å². The minimum Gasteiger partial charge on any atom is -0.480 e. The summed E-state index contributed by atoms with van der Waals surface area (Å²) >= 11 is 0. The number of carbonyl (C=O) groups excluding carboxylic acids is 1. The fourth-order valence-corrected chi connectivity index (χ4v) is 4.76. The minimum absolute atomic E-state index is 0.0137. The summed E-state index contributed by atoms with van der Waals surface area (Å²) in [5.74, 6) is -0.732. The molecule has 0 radical (unpaired) electrons. The highest BCUT2D eigenvalue weighted by molar-refractivity contribution is 5.94. The summed E-state index contributed by atoms with van der Waals surface area (Å²) in [7, 11) is 1.88. The molecule has 27 heavy (non-hydrogen) atoms. The quantitative estimate of drug-likeness (QED) is 0.874. The molecule has 0 bridgehead atoms. The molecule has 2 fully saturated rings. The zero-order chi connectivity index (χ0) is 19.3. The van der Waals surface area contributed by atoms with Crippen LogP contribution in [0.4, 0.5) is 0 Å². The molecule has 1 spiro atoms. The molecule has 2 aromatic rings. The van der Waals surface area contributed by atoms with Gasteiger partial charge in [-0.15, -0.1) is 0 Å². The number of rotatable bonds is 2. The van der Waals surface area contributed by atoms with Crippen LogP contribution in [0.25, 0.3) is 5.65 Å². The van der Waals surface area contributed by atoms with Crippen molar-refractivity contribution in [3.8, 4) is 0 Å². The van der Waals surface area contributed by atoms with Gasteiger partial charge in [0.1, 0.15) is 17.4 Å². The normalized spacial score (nSPS) is 22.6. The summed E-state index contributed by atoms with van der Waals surface area (Å²) in [5.41, 5.74) is 3.31. The zero-order valence-electron chi connectivity index (χ0n) is 16.1. The number of nitrogens with zero attached hydrogens (tertiary/aromatic N) is 4. The second-order valence-electron chi connectivity index (χ2n) is 8.24. The predicted molar refractivity (Wildman–Crippen MR) is 101 cm³/mol. The van der Waals surface area contributed by atoms with Gasteiger partial charge in [0.2, 0.25) is 0 Å². The van der Waals surface area contributed by atoms with Crippen molar-refractivity contribution in [1.29, 1.82) is 0 Å². The van der Waals surface area contributed by atoms with E-state index in [1.54, 1.807) is 0 Å². The number of likely N-dealkylation sites (N-methyl/N-ethyl adjacent to an activating group) is 1. The second-order valence-corrected chi connectivity index (χ2v) is 8.24. The smallest absolute Gasteiger partial charge is 0.320 e. The fourth-order valence-electron chi connectivity index (χ4n) is 4.76. The van der Waals surface area contributed by atoms with E-state index < -0.39 is 12.0 Å². The first-order valence-electron chi connectivity index (χ1n) is 9.47. The van der Waals surface area contributed by atoms with Crippen LogP contribution in [0.2, 0.25) is 0 Å². The Morgan fingerprint density at radius 3 is 2.59 bits per heavy atom. The van der Waals surface area contributed by atoms with Crippen LogP contribution in [0.15, 0.2) is 18.3 Å². The molecule has 2 aliphatic rings. The van der Waals surface area contributed by atoms with E-state index in [9.17, 15) is 14.7 Å². The molecule has 7 nitrogen and oxygen atoms in total. The van der Waals surface area contributed by atoms with Crippen LogP contribution in [0, 0.1) is 19.3 Å². The van der Waals surface area contributed by atoms with Crippen molar-refractivity contribution in [1.82, 2.24) is 19.2 Å². The molecule has 1 unspecified atom stereocenters. The first-order valence-corrected chi connectivity index (χ1v) is 9.47. The Labute approximate surface area is 158 Å². The number of aryl methyl sites for hydroxylation is 2. The number of imidazole rings is 1. The predicted octanol–water partition coefficient (Wildman–Crippen LogP) is 1.96. The maximum Gasteiger partial charge on any atom is 0.320 e. The topological polar surface area (TPSA) is 78.1 Å². The standard InChI is InChI=1S/C20H26N4O3/c1-13-4-7-24-16(10-13)21-14(2)17(24)18(25)23-8-5-20(6-9-23)11-15(19(26)27)22(3)12-20/h4,7,10,15H,5-6,8-9,11-12H2,1-3H3,(H,26,27). The van der Waals surface area contributed by atoms with Crippen molar-refractivity contribution in [2.75, 3.05) is 26.7 Å². The third kappa shape index (κ3) is 3.00. The number of likely N-dealkylation sites (tertiary alicyclic amines) is 2. The van der Waals surface area contributed by atoms with Crippen LogP contribution in [0.5, 0.6) is 0 Å². The monoisotopic (exact) mass is 370 g/mol. The first kappa shape index (κ1) is 18.0. The molecule has 144 valence electrons. The van der Waals surface area contributed by atoms with Gasteiger partial charge in [0.25, 0.3) is 5.91 Å². The van der Waals surface area contributed by atoms with E-state index in [2.05, 4.69) is 4.98 Å². The second kappa shape index (κ2) is 6.34. The highest BCUT2D eigenvalue weighted by Gasteiger charge is 2.47. The van der Waals surface area contributed by atoms with E-state index in [4.69, 9.17) is 0 Å². The van der Waals surface area contributed by atoms with Crippen molar-refractivity contribution in [3.05, 3.63) is 35.3 Å². The van der Waals surface area contributed by atoms with Gasteiger partial charge in [-0.2, -0.15) is 0 Å². The van der Waals surface area contributed by atoms with Gasteiger partial charge in [0.15, 0.2) is 0 Å². The Balaban J connectivity index is 1.52. The van der Waals surface area contributed by atoms with Crippen LogP contribution >= 0.6 is 0 Å². The number of pyridine rings is 1. The van der Waals surface area contributed by atoms with E-state index in [1.165, 1.54) is 0 Å². The lowest BCUT2D eigenvalue weighted by atomic mass is 9.76. The number of carbonyl (C=O) groups is 2. The number of piperidine rings is 1. The summed E-state index contributed by atoms with van der Waals surface area (Å²) < 4.78 is 1.87. The minimum atomic E-state index is -0.746. The fraction of sp³-hybridized carbons (Fsp3) is 0.550. The van der Waals surface area contributed by atoms with Crippen molar-refractivity contribution < 1.29 is 14.7 Å². The summed E-state index contributed by atoms with van der Waals surface area (Å²) in [6, 6.07) is 3.56. The van der Waals surface area contributed by atoms with Gasteiger partial charge in [0.05, 0.1) is 5.69 Å². The number of aliphatic carboxylic acids is 1. The van der Waals surface area contributed by atoms with Crippen LogP contribution in [0.3, 0.4) is 0 Å². The zero-order valence-corrected chi connectivity index (χ0v) is 16.1. The van der Waals surface area contributed by atoms with Crippen molar-refractivity contribution in [2.24, 2.45) is 5.41 Å². The van der Waals surface area contributed by atoms with Gasteiger partial charge in [-0.05, 0) is 63.3 Å². The molecular formula is C20H26N4O3. The van der Waals surface area contributed by atoms with Gasteiger partial charge >= 0.3 is 5.97 Å². The Hall–Kier alpha value is -2.41. The van der Waals surface area contributed by atoms with Crippen LogP contribution in [-0.4, -0.2) is 68.9 Å². The Morgan fingerprint density at radius 1 is 1.26 bits per heavy atom. The number of carboxylic acid groups (broad SMARTS) is 1. The van der Waals surface area contributed by atoms with Crippen molar-refractivity contribution in [2.45, 2.75) is 39.2 Å². The lowest BCUT2D eigenvalue weighted by molar-refractivity contribution is -0.141. The molecule has 7 heteroatoms. The summed E-state index contributed by atoms with van der Waals surface area (Å²) in [6.45, 7) is 6.01. The van der Waals surface area contributed by atoms with Crippen LogP contribution in [0.1, 0.15) is 41.0 Å². The molecule has 0 aromatic carbocycles. The van der Waals surface area contributed by atoms with Gasteiger partial charge in [-0.1, -0.05) is 0 Å². The Kier molecular flexibility index (Phi) is 4.22. The maximum absolute atomic E-state index is 13.2. The molecular weight excluding hydrogens is 344 g/mol. The number of fused-ring (bicyclic) bond motifs is 1. The van der Waals surface area contributed by atoms with Gasteiger partial charge in [-0.3, -0.25) is 18.9 Å². The highest BCUT2D eigenvalue weighted by Crippen LogP contribution is 2.43. The van der Waals surface area contributed by atoms with E-state index in [0.717, 1.165) is 36.3 Å². The number of hydrogen-bond acceptors (Lipinski definition) is 4. The third-order valence-corrected chi connectivity index (χ3v) is 6.30. The van der Waals surface area contributed by atoms with E-state index in [-0.39, 0.29) is 11.3 Å². The highest BCUT2D eigenvalue weighted by atomic mass is 16.4. The summed E-state index contributed by atoms with van der Waals surface area (Å²) in [4.78, 5) is 33.0. The number of aromatic nitrogens is 2. The molecule has 2 aromatic heterocycles. The van der Waals surface area contributed by atoms with E-state index in [0.29, 0.717) is 25.2 Å². The van der Waals surface area contributed by atoms with Crippen molar-refractivity contribution in [3.63, 3.8) is 0 Å². The van der Waals surface area contributed by atoms with Crippen molar-refractivity contribution >= 4 is 17.5 Å². The van der Waals surface area contributed by atoms with E-state index in [1.807, 2.05) is 53.4 Å². The summed E-state index contributed by atoms with van der Waals surface area (Å²) in [5, 5.41) is 9.40. The number of carboxylic acids is 1. The summed E-state index contributed by atoms with van der Waals surface area (Å²) in [6.07, 6.45) is 4.28. The average molecular weight is 370 g/mol. The number of amides is 1. The lowest BCUT2D eigenvalue weighted by Crippen LogP contribution is -2.44. The molecule has 1 atom stereocenters. The molecule has 2 saturated heterocycles. The van der Waals surface area contributed by atoms with E-state index >= 15 is 0 Å². The van der Waals surface area contributed by atoms with Crippen LogP contribution in [-0.2, 0) is 4.79 Å². The molecule has 0 aliphatic carbocycles. The molecule has 1 N–H and O–H groups in total. The lowest BCUT2D eigenvalue weighted by Gasteiger charge is -2.39. The molecule has 0 saturated carbocycles. The Morgan fingerprint density at radius 2 is 1.96 bits per heavy atom. The average Bonchev–Trinajstić information content (AvgIpc) is 3.11. The Bertz CT molecular complexity index is 911. The molecule has 2 aliphatic heterocycles. The van der Waals surface area contributed by atoms with Crippen LogP contribution < -0.4 is 0 Å². The molecule has 1 amide bonds. The van der Waals surface area contributed by atoms with Gasteiger partial charge in [0, 0.05) is 25.8 Å². The maximum atomic E-state index is 13.2. The molecule has 4 rings (SSSR count). The molecule has 4 heterocycles.